The molecular weight excluding hydrogens is 216 g/mol. The molecule has 17 heavy (non-hydrogen) atoms. The summed E-state index contributed by atoms with van der Waals surface area (Å²) < 4.78 is 1.64. The molecule has 5 nitrogen and oxygen atoms in total. The van der Waals surface area contributed by atoms with E-state index in [1.54, 1.807) is 16.9 Å². The average Bonchev–Trinajstić information content (AvgIpc) is 2.75. The van der Waals surface area contributed by atoms with Crippen LogP contribution in [0.2, 0.25) is 0 Å². The molecule has 0 bridgehead atoms. The number of hydrogen-bond donors (Lipinski definition) is 2. The number of nitrogens with one attached hydrogen (secondary N) is 2. The van der Waals surface area contributed by atoms with Gasteiger partial charge in [-0.1, -0.05) is 0 Å². The maximum atomic E-state index is 11.8. The summed E-state index contributed by atoms with van der Waals surface area (Å²) in [6.07, 6.45) is 4.14. The molecule has 2 rings (SSSR count). The average molecular weight is 236 g/mol. The van der Waals surface area contributed by atoms with Crippen LogP contribution in [0.1, 0.15) is 30.3 Å². The van der Waals surface area contributed by atoms with E-state index in [1.807, 2.05) is 7.05 Å². The molecule has 2 N–H and O–H groups in total. The van der Waals surface area contributed by atoms with E-state index in [0.29, 0.717) is 17.7 Å². The summed E-state index contributed by atoms with van der Waals surface area (Å²) in [5.41, 5.74) is 0.490. The fraction of sp³-hybridized carbons (Fsp3) is 0.667. The topological polar surface area (TPSA) is 59.0 Å². The van der Waals surface area contributed by atoms with E-state index in [0.717, 1.165) is 13.1 Å². The molecule has 1 aliphatic rings. The van der Waals surface area contributed by atoms with Gasteiger partial charge in [-0.3, -0.25) is 9.48 Å². The van der Waals surface area contributed by atoms with E-state index in [-0.39, 0.29) is 5.91 Å². The van der Waals surface area contributed by atoms with Gasteiger partial charge < -0.3 is 10.6 Å². The lowest BCUT2D eigenvalue weighted by Crippen LogP contribution is -2.42. The van der Waals surface area contributed by atoms with Crippen molar-refractivity contribution in [3.63, 3.8) is 0 Å². The van der Waals surface area contributed by atoms with Gasteiger partial charge in [0.15, 0.2) is 0 Å². The first-order valence-electron chi connectivity index (χ1n) is 6.16. The summed E-state index contributed by atoms with van der Waals surface area (Å²) in [4.78, 5) is 11.8. The van der Waals surface area contributed by atoms with Gasteiger partial charge in [-0.15, -0.1) is 0 Å². The van der Waals surface area contributed by atoms with Crippen LogP contribution in [-0.4, -0.2) is 34.8 Å². The molecular formula is C12H20N4O. The Morgan fingerprint density at radius 3 is 3.06 bits per heavy atom. The first-order chi connectivity index (χ1) is 8.15. The number of hydrogen-bond acceptors (Lipinski definition) is 3. The Morgan fingerprint density at radius 1 is 1.65 bits per heavy atom. The fourth-order valence-corrected chi connectivity index (χ4v) is 2.10. The smallest absolute Gasteiger partial charge is 0.271 e. The molecule has 2 unspecified atom stereocenters. The number of aryl methyl sites for hydroxylation is 1. The molecule has 1 aromatic rings. The van der Waals surface area contributed by atoms with E-state index >= 15 is 0 Å². The molecule has 2 heterocycles. The second kappa shape index (κ2) is 5.31. The highest BCUT2D eigenvalue weighted by Crippen LogP contribution is 2.13. The molecule has 0 radical (unpaired) electrons. The summed E-state index contributed by atoms with van der Waals surface area (Å²) in [5.74, 6) is 0.461. The van der Waals surface area contributed by atoms with Crippen LogP contribution in [-0.2, 0) is 7.05 Å². The van der Waals surface area contributed by atoms with Gasteiger partial charge in [0.2, 0.25) is 0 Å². The van der Waals surface area contributed by atoms with Crippen LogP contribution in [0.4, 0.5) is 0 Å². The number of carbonyl (C=O) groups is 1. The lowest BCUT2D eigenvalue weighted by atomic mass is 9.95. The van der Waals surface area contributed by atoms with Gasteiger partial charge in [-0.25, -0.2) is 0 Å². The molecule has 1 aliphatic heterocycles. The van der Waals surface area contributed by atoms with Crippen LogP contribution in [0, 0.1) is 5.92 Å². The van der Waals surface area contributed by atoms with E-state index < -0.39 is 0 Å². The number of amides is 1. The van der Waals surface area contributed by atoms with Crippen molar-refractivity contribution in [2.75, 3.05) is 13.1 Å². The highest BCUT2D eigenvalue weighted by molar-refractivity contribution is 5.92. The predicted octanol–water partition coefficient (Wildman–Crippen LogP) is 0.538. The van der Waals surface area contributed by atoms with E-state index in [2.05, 4.69) is 22.7 Å². The van der Waals surface area contributed by atoms with Crippen LogP contribution in [0.3, 0.4) is 0 Å². The van der Waals surface area contributed by atoms with Crippen molar-refractivity contribution < 1.29 is 4.79 Å². The third-order valence-corrected chi connectivity index (χ3v) is 3.26. The molecule has 94 valence electrons. The highest BCUT2D eigenvalue weighted by atomic mass is 16.1. The lowest BCUT2D eigenvalue weighted by Gasteiger charge is -2.27. The molecule has 0 saturated carbocycles. The Morgan fingerprint density at radius 2 is 2.47 bits per heavy atom. The number of carbonyl (C=O) groups excluding carboxylic acids is 1. The van der Waals surface area contributed by atoms with Crippen LogP contribution in [0.5, 0.6) is 0 Å². The minimum absolute atomic E-state index is 0.0794. The summed E-state index contributed by atoms with van der Waals surface area (Å²) in [6, 6.07) is 2.34. The molecule has 1 saturated heterocycles. The van der Waals surface area contributed by atoms with Crippen molar-refractivity contribution in [1.29, 1.82) is 0 Å². The van der Waals surface area contributed by atoms with Crippen LogP contribution < -0.4 is 10.6 Å². The van der Waals surface area contributed by atoms with Crippen molar-refractivity contribution in [3.8, 4) is 0 Å². The monoisotopic (exact) mass is 236 g/mol. The summed E-state index contributed by atoms with van der Waals surface area (Å²) in [6.45, 7) is 3.92. The van der Waals surface area contributed by atoms with Gasteiger partial charge in [0, 0.05) is 25.8 Å². The van der Waals surface area contributed by atoms with Crippen molar-refractivity contribution in [2.45, 2.75) is 25.8 Å². The Hall–Kier alpha value is -1.36. The first kappa shape index (κ1) is 12.1. The molecule has 0 aromatic carbocycles. The fourth-order valence-electron chi connectivity index (χ4n) is 2.10. The van der Waals surface area contributed by atoms with Crippen LogP contribution in [0.25, 0.3) is 0 Å². The lowest BCUT2D eigenvalue weighted by molar-refractivity contribution is 0.0938. The van der Waals surface area contributed by atoms with Crippen LogP contribution in [0.15, 0.2) is 12.3 Å². The molecule has 0 spiro atoms. The standard InChI is InChI=1S/C12H20N4O/c1-9-3-4-10(7-13-9)8-14-12(17)11-5-6-16(2)15-11/h5-6,9-10,13H,3-4,7-8H2,1-2H3,(H,14,17). The maximum Gasteiger partial charge on any atom is 0.271 e. The molecule has 2 atom stereocenters. The minimum Gasteiger partial charge on any atom is -0.350 e. The van der Waals surface area contributed by atoms with Gasteiger partial charge in [0.05, 0.1) is 0 Å². The molecule has 1 amide bonds. The third-order valence-electron chi connectivity index (χ3n) is 3.26. The first-order valence-corrected chi connectivity index (χ1v) is 6.16. The van der Waals surface area contributed by atoms with Crippen molar-refractivity contribution >= 4 is 5.91 Å². The Kier molecular flexibility index (Phi) is 3.78. The second-order valence-electron chi connectivity index (χ2n) is 4.84. The Bertz CT molecular complexity index is 380. The number of piperidine rings is 1. The van der Waals surface area contributed by atoms with Gasteiger partial charge in [0.1, 0.15) is 5.69 Å². The Balaban J connectivity index is 1.76. The van der Waals surface area contributed by atoms with Crippen molar-refractivity contribution in [2.24, 2.45) is 13.0 Å². The van der Waals surface area contributed by atoms with E-state index in [9.17, 15) is 4.79 Å². The van der Waals surface area contributed by atoms with E-state index in [4.69, 9.17) is 0 Å². The highest BCUT2D eigenvalue weighted by Gasteiger charge is 2.18. The second-order valence-corrected chi connectivity index (χ2v) is 4.84. The van der Waals surface area contributed by atoms with Gasteiger partial charge >= 0.3 is 0 Å². The van der Waals surface area contributed by atoms with Crippen molar-refractivity contribution in [3.05, 3.63) is 18.0 Å². The zero-order valence-electron chi connectivity index (χ0n) is 10.4. The number of rotatable bonds is 3. The van der Waals surface area contributed by atoms with Gasteiger partial charge in [-0.2, -0.15) is 5.10 Å². The molecule has 0 aliphatic carbocycles. The zero-order chi connectivity index (χ0) is 12.3. The zero-order valence-corrected chi connectivity index (χ0v) is 10.4. The molecule has 1 aromatic heterocycles. The third kappa shape index (κ3) is 3.30. The predicted molar refractivity (Wildman–Crippen MR) is 65.7 cm³/mol. The largest absolute Gasteiger partial charge is 0.350 e. The molecule has 5 heteroatoms. The normalized spacial score (nSPS) is 24.6. The van der Waals surface area contributed by atoms with Gasteiger partial charge in [0.25, 0.3) is 5.91 Å². The van der Waals surface area contributed by atoms with E-state index in [1.165, 1.54) is 12.8 Å². The maximum absolute atomic E-state index is 11.8. The quantitative estimate of drug-likeness (QED) is 0.805. The van der Waals surface area contributed by atoms with Crippen LogP contribution >= 0.6 is 0 Å². The SMILES string of the molecule is CC1CCC(CNC(=O)c2ccn(C)n2)CN1. The summed E-state index contributed by atoms with van der Waals surface area (Å²) in [5, 5.41) is 10.4. The van der Waals surface area contributed by atoms with Crippen molar-refractivity contribution in [1.82, 2.24) is 20.4 Å². The number of nitrogens with zero attached hydrogens (tertiary/aromatic N) is 2. The van der Waals surface area contributed by atoms with Gasteiger partial charge in [-0.05, 0) is 38.3 Å². The minimum atomic E-state index is -0.0794. The Labute approximate surface area is 102 Å². The number of aromatic nitrogens is 2. The molecule has 1 fully saturated rings. The summed E-state index contributed by atoms with van der Waals surface area (Å²) in [7, 11) is 1.81. The summed E-state index contributed by atoms with van der Waals surface area (Å²) >= 11 is 0.